The van der Waals surface area contributed by atoms with Gasteiger partial charge in [0.25, 0.3) is 5.91 Å². The Bertz CT molecular complexity index is 1010. The van der Waals surface area contributed by atoms with Crippen LogP contribution in [0.15, 0.2) is 42.9 Å². The molecule has 3 aromatic heterocycles. The summed E-state index contributed by atoms with van der Waals surface area (Å²) in [6, 6.07) is 6.82. The maximum Gasteiger partial charge on any atom is 0.257 e. The van der Waals surface area contributed by atoms with E-state index < -0.39 is 0 Å². The largest absolute Gasteiger partial charge is 0.481 e. The molecular weight excluding hydrogens is 388 g/mol. The summed E-state index contributed by atoms with van der Waals surface area (Å²) in [5.41, 5.74) is 0.994. The van der Waals surface area contributed by atoms with Gasteiger partial charge in [0.2, 0.25) is 11.8 Å². The summed E-state index contributed by atoms with van der Waals surface area (Å²) < 4.78 is 11.2. The van der Waals surface area contributed by atoms with Crippen molar-refractivity contribution in [1.29, 1.82) is 0 Å². The first-order chi connectivity index (χ1) is 14.7. The Labute approximate surface area is 173 Å². The van der Waals surface area contributed by atoms with E-state index in [1.807, 2.05) is 0 Å². The second-order valence-corrected chi connectivity index (χ2v) is 6.80. The molecule has 0 saturated carbocycles. The topological polar surface area (TPSA) is 115 Å². The predicted octanol–water partition coefficient (Wildman–Crippen LogP) is 1.24. The number of pyridine rings is 2. The molecule has 1 aliphatic heterocycles. The number of likely N-dealkylation sites (tertiary alicyclic amines) is 1. The molecule has 1 fully saturated rings. The minimum atomic E-state index is -0.222. The molecule has 0 aromatic carbocycles. The number of ether oxygens (including phenoxy) is 2. The third-order valence-corrected chi connectivity index (χ3v) is 4.86. The van der Waals surface area contributed by atoms with Gasteiger partial charge in [-0.2, -0.15) is 15.2 Å². The van der Waals surface area contributed by atoms with Crippen molar-refractivity contribution < 1.29 is 19.4 Å². The monoisotopic (exact) mass is 410 g/mol. The van der Waals surface area contributed by atoms with E-state index in [0.717, 1.165) is 12.8 Å². The van der Waals surface area contributed by atoms with Crippen molar-refractivity contribution in [3.05, 3.63) is 54.0 Å². The number of aliphatic hydroxyl groups is 1. The number of hydrogen-bond donors (Lipinski definition) is 1. The van der Waals surface area contributed by atoms with Crippen LogP contribution in [0.2, 0.25) is 0 Å². The Balaban J connectivity index is 1.55. The van der Waals surface area contributed by atoms with Crippen LogP contribution in [0.5, 0.6) is 11.8 Å². The van der Waals surface area contributed by atoms with Crippen LogP contribution in [0.1, 0.15) is 28.8 Å². The van der Waals surface area contributed by atoms with E-state index in [0.29, 0.717) is 41.8 Å². The first kappa shape index (κ1) is 19.8. The van der Waals surface area contributed by atoms with Crippen molar-refractivity contribution in [3.8, 4) is 17.6 Å². The van der Waals surface area contributed by atoms with Crippen molar-refractivity contribution in [2.45, 2.75) is 25.6 Å². The number of carbonyl (C=O) groups excluding carboxylic acids is 1. The van der Waals surface area contributed by atoms with E-state index in [-0.39, 0.29) is 18.6 Å². The second-order valence-electron chi connectivity index (χ2n) is 6.80. The lowest BCUT2D eigenvalue weighted by Gasteiger charge is -2.33. The second kappa shape index (κ2) is 8.87. The van der Waals surface area contributed by atoms with Crippen molar-refractivity contribution in [2.75, 3.05) is 20.2 Å². The first-order valence-corrected chi connectivity index (χ1v) is 9.62. The number of piperidine rings is 1. The number of aliphatic hydroxyl groups excluding tert-OH is 1. The summed E-state index contributed by atoms with van der Waals surface area (Å²) in [5, 5.41) is 17.7. The lowest BCUT2D eigenvalue weighted by Crippen LogP contribution is -2.44. The van der Waals surface area contributed by atoms with Crippen molar-refractivity contribution in [1.82, 2.24) is 29.9 Å². The third kappa shape index (κ3) is 4.08. The number of rotatable bonds is 6. The highest BCUT2D eigenvalue weighted by atomic mass is 16.5. The van der Waals surface area contributed by atoms with Gasteiger partial charge in [-0.25, -0.2) is 4.98 Å². The summed E-state index contributed by atoms with van der Waals surface area (Å²) in [7, 11) is 1.51. The fourth-order valence-corrected chi connectivity index (χ4v) is 3.39. The molecule has 10 heteroatoms. The zero-order chi connectivity index (χ0) is 20.9. The summed E-state index contributed by atoms with van der Waals surface area (Å²) >= 11 is 0. The average Bonchev–Trinajstić information content (AvgIpc) is 3.33. The van der Waals surface area contributed by atoms with Crippen LogP contribution in [0, 0.1) is 0 Å². The van der Waals surface area contributed by atoms with Gasteiger partial charge in [-0.3, -0.25) is 4.79 Å². The first-order valence-electron chi connectivity index (χ1n) is 9.62. The Hall–Kier alpha value is -3.53. The average molecular weight is 410 g/mol. The van der Waals surface area contributed by atoms with E-state index in [9.17, 15) is 9.90 Å². The fourth-order valence-electron chi connectivity index (χ4n) is 3.39. The molecule has 0 aliphatic carbocycles. The van der Waals surface area contributed by atoms with Gasteiger partial charge in [-0.05, 0) is 31.0 Å². The molecule has 0 spiro atoms. The SMILES string of the molecule is COc1ccc(C(=O)N2CCCC(Oc3ncccc3CO)C2)c(-n2nccn2)n1. The van der Waals surface area contributed by atoms with Gasteiger partial charge in [-0.1, -0.05) is 0 Å². The van der Waals surface area contributed by atoms with E-state index >= 15 is 0 Å². The smallest absolute Gasteiger partial charge is 0.257 e. The molecule has 1 amide bonds. The van der Waals surface area contributed by atoms with E-state index in [4.69, 9.17) is 9.47 Å². The maximum absolute atomic E-state index is 13.3. The Morgan fingerprint density at radius 1 is 1.23 bits per heavy atom. The highest BCUT2D eigenvalue weighted by Gasteiger charge is 2.29. The molecule has 4 rings (SSSR count). The molecule has 1 N–H and O–H groups in total. The molecule has 1 saturated heterocycles. The number of aromatic nitrogens is 5. The quantitative estimate of drug-likeness (QED) is 0.645. The van der Waals surface area contributed by atoms with Gasteiger partial charge in [0.1, 0.15) is 6.10 Å². The molecule has 156 valence electrons. The van der Waals surface area contributed by atoms with Crippen molar-refractivity contribution in [3.63, 3.8) is 0 Å². The molecule has 10 nitrogen and oxygen atoms in total. The zero-order valence-corrected chi connectivity index (χ0v) is 16.5. The van der Waals surface area contributed by atoms with Gasteiger partial charge in [0, 0.05) is 24.4 Å². The maximum atomic E-state index is 13.3. The van der Waals surface area contributed by atoms with Crippen molar-refractivity contribution >= 4 is 5.91 Å². The third-order valence-electron chi connectivity index (χ3n) is 4.86. The van der Waals surface area contributed by atoms with Crippen LogP contribution in [0.4, 0.5) is 0 Å². The molecule has 1 unspecified atom stereocenters. The molecule has 0 bridgehead atoms. The molecule has 3 aromatic rings. The zero-order valence-electron chi connectivity index (χ0n) is 16.5. The Morgan fingerprint density at radius 3 is 2.83 bits per heavy atom. The highest BCUT2D eigenvalue weighted by Crippen LogP contribution is 2.23. The van der Waals surface area contributed by atoms with Crippen LogP contribution in [-0.2, 0) is 6.61 Å². The highest BCUT2D eigenvalue weighted by molar-refractivity contribution is 5.97. The van der Waals surface area contributed by atoms with Gasteiger partial charge in [-0.15, -0.1) is 4.80 Å². The van der Waals surface area contributed by atoms with Crippen LogP contribution >= 0.6 is 0 Å². The van der Waals surface area contributed by atoms with E-state index in [1.54, 1.807) is 35.4 Å². The Morgan fingerprint density at radius 2 is 2.07 bits per heavy atom. The fraction of sp³-hybridized carbons (Fsp3) is 0.350. The van der Waals surface area contributed by atoms with E-state index in [2.05, 4.69) is 20.2 Å². The number of nitrogens with zero attached hydrogens (tertiary/aromatic N) is 6. The van der Waals surface area contributed by atoms with Crippen LogP contribution in [-0.4, -0.2) is 67.2 Å². The molecule has 0 radical (unpaired) electrons. The lowest BCUT2D eigenvalue weighted by molar-refractivity contribution is 0.0521. The molecule has 1 aliphatic rings. The summed E-state index contributed by atoms with van der Waals surface area (Å²) in [4.78, 5) is 24.9. The van der Waals surface area contributed by atoms with Gasteiger partial charge in [0.15, 0.2) is 5.82 Å². The summed E-state index contributed by atoms with van der Waals surface area (Å²) in [6.45, 7) is 0.848. The molecule has 4 heterocycles. The number of methoxy groups -OCH3 is 1. The van der Waals surface area contributed by atoms with E-state index in [1.165, 1.54) is 24.3 Å². The van der Waals surface area contributed by atoms with Crippen molar-refractivity contribution in [2.24, 2.45) is 0 Å². The molecule has 30 heavy (non-hydrogen) atoms. The minimum absolute atomic E-state index is 0.156. The normalized spacial score (nSPS) is 16.3. The molecule has 1 atom stereocenters. The standard InChI is InChI=1S/C20H22N6O4/c1-29-17-7-6-16(18(24-17)26-22-9-10-23-26)20(28)25-11-3-5-15(12-25)30-19-14(13-27)4-2-8-21-19/h2,4,6-10,15,27H,3,5,11-13H2,1H3. The van der Waals surface area contributed by atoms with Gasteiger partial charge >= 0.3 is 0 Å². The Kier molecular flexibility index (Phi) is 5.84. The number of amides is 1. The lowest BCUT2D eigenvalue weighted by atomic mass is 10.1. The summed E-state index contributed by atoms with van der Waals surface area (Å²) in [5.74, 6) is 0.881. The predicted molar refractivity (Wildman–Crippen MR) is 105 cm³/mol. The summed E-state index contributed by atoms with van der Waals surface area (Å²) in [6.07, 6.45) is 6.01. The van der Waals surface area contributed by atoms with Crippen LogP contribution < -0.4 is 9.47 Å². The van der Waals surface area contributed by atoms with Gasteiger partial charge in [0.05, 0.1) is 38.2 Å². The minimum Gasteiger partial charge on any atom is -0.481 e. The molecular formula is C20H22N6O4. The number of carbonyl (C=O) groups is 1. The number of hydrogen-bond acceptors (Lipinski definition) is 8. The van der Waals surface area contributed by atoms with Crippen LogP contribution in [0.25, 0.3) is 5.82 Å². The van der Waals surface area contributed by atoms with Crippen LogP contribution in [0.3, 0.4) is 0 Å². The van der Waals surface area contributed by atoms with Gasteiger partial charge < -0.3 is 19.5 Å².